The molecular formula is C12H11ClN4O3S. The molecule has 7 nitrogen and oxygen atoms in total. The Bertz CT molecular complexity index is 762. The van der Waals surface area contributed by atoms with Crippen molar-refractivity contribution in [3.63, 3.8) is 0 Å². The van der Waals surface area contributed by atoms with Gasteiger partial charge in [0.05, 0.1) is 4.90 Å². The molecule has 1 heterocycles. The van der Waals surface area contributed by atoms with Crippen LogP contribution in [-0.2, 0) is 14.8 Å². The Morgan fingerprint density at radius 1 is 1.19 bits per heavy atom. The average Bonchev–Trinajstić information content (AvgIpc) is 2.38. The average molecular weight is 327 g/mol. The molecule has 0 spiro atoms. The molecule has 2 aromatic rings. The summed E-state index contributed by atoms with van der Waals surface area (Å²) in [7, 11) is -3.79. The lowest BCUT2D eigenvalue weighted by atomic mass is 10.3. The summed E-state index contributed by atoms with van der Waals surface area (Å²) in [5.41, 5.74) is 0.506. The maximum Gasteiger partial charge on any atom is 0.263 e. The van der Waals surface area contributed by atoms with E-state index in [1.807, 2.05) is 0 Å². The van der Waals surface area contributed by atoms with Gasteiger partial charge in [-0.15, -0.1) is 0 Å². The minimum Gasteiger partial charge on any atom is -0.326 e. The molecule has 1 aromatic carbocycles. The van der Waals surface area contributed by atoms with Gasteiger partial charge in [0.25, 0.3) is 10.0 Å². The van der Waals surface area contributed by atoms with Crippen molar-refractivity contribution in [1.29, 1.82) is 0 Å². The van der Waals surface area contributed by atoms with Gasteiger partial charge in [-0.1, -0.05) is 11.6 Å². The highest BCUT2D eigenvalue weighted by Gasteiger charge is 2.15. The van der Waals surface area contributed by atoms with Crippen LogP contribution in [0.4, 0.5) is 11.5 Å². The number of rotatable bonds is 4. The molecule has 0 aliphatic heterocycles. The van der Waals surface area contributed by atoms with Crippen LogP contribution in [0.2, 0.25) is 5.15 Å². The van der Waals surface area contributed by atoms with Gasteiger partial charge in [0.1, 0.15) is 17.3 Å². The maximum atomic E-state index is 12.1. The zero-order chi connectivity index (χ0) is 15.5. The van der Waals surface area contributed by atoms with Crippen molar-refractivity contribution in [2.75, 3.05) is 10.0 Å². The van der Waals surface area contributed by atoms with Crippen LogP contribution >= 0.6 is 11.6 Å². The van der Waals surface area contributed by atoms with E-state index in [0.717, 1.165) is 6.33 Å². The van der Waals surface area contributed by atoms with Crippen molar-refractivity contribution in [1.82, 2.24) is 9.97 Å². The molecule has 0 bridgehead atoms. The molecule has 2 N–H and O–H groups in total. The van der Waals surface area contributed by atoms with Gasteiger partial charge in [-0.25, -0.2) is 18.4 Å². The summed E-state index contributed by atoms with van der Waals surface area (Å²) in [6, 6.07) is 7.02. The van der Waals surface area contributed by atoms with Crippen LogP contribution in [-0.4, -0.2) is 24.3 Å². The van der Waals surface area contributed by atoms with Gasteiger partial charge >= 0.3 is 0 Å². The highest BCUT2D eigenvalue weighted by molar-refractivity contribution is 7.92. The summed E-state index contributed by atoms with van der Waals surface area (Å²) in [4.78, 5) is 18.4. The van der Waals surface area contributed by atoms with Gasteiger partial charge in [-0.2, -0.15) is 0 Å². The predicted molar refractivity (Wildman–Crippen MR) is 78.6 cm³/mol. The van der Waals surface area contributed by atoms with Gasteiger partial charge in [0, 0.05) is 18.7 Å². The highest BCUT2D eigenvalue weighted by atomic mass is 35.5. The number of nitrogens with one attached hydrogen (secondary N) is 2. The van der Waals surface area contributed by atoms with Gasteiger partial charge in [-0.3, -0.25) is 9.52 Å². The number of benzene rings is 1. The van der Waals surface area contributed by atoms with Crippen LogP contribution in [0.1, 0.15) is 6.92 Å². The summed E-state index contributed by atoms with van der Waals surface area (Å²) in [5.74, 6) is -0.166. The molecule has 9 heteroatoms. The lowest BCUT2D eigenvalue weighted by molar-refractivity contribution is -0.114. The Morgan fingerprint density at radius 3 is 2.43 bits per heavy atom. The van der Waals surface area contributed by atoms with Gasteiger partial charge in [-0.05, 0) is 24.3 Å². The molecule has 0 saturated heterocycles. The Hall–Kier alpha value is -2.19. The van der Waals surface area contributed by atoms with E-state index in [-0.39, 0.29) is 21.8 Å². The molecule has 1 aromatic heterocycles. The number of amides is 1. The smallest absolute Gasteiger partial charge is 0.263 e. The van der Waals surface area contributed by atoms with E-state index in [1.165, 1.54) is 37.3 Å². The molecule has 0 fully saturated rings. The number of halogens is 1. The largest absolute Gasteiger partial charge is 0.326 e. The second-order valence-electron chi connectivity index (χ2n) is 4.04. The van der Waals surface area contributed by atoms with Crippen LogP contribution in [0.15, 0.2) is 41.6 Å². The van der Waals surface area contributed by atoms with E-state index < -0.39 is 10.0 Å². The molecule has 0 saturated carbocycles. The van der Waals surface area contributed by atoms with Crippen LogP contribution in [0.5, 0.6) is 0 Å². The number of sulfonamides is 1. The van der Waals surface area contributed by atoms with Crippen molar-refractivity contribution in [2.45, 2.75) is 11.8 Å². The fourth-order valence-corrected chi connectivity index (χ4v) is 2.65. The van der Waals surface area contributed by atoms with Crippen molar-refractivity contribution in [3.05, 3.63) is 41.8 Å². The Morgan fingerprint density at radius 2 is 1.86 bits per heavy atom. The molecule has 0 unspecified atom stereocenters. The van der Waals surface area contributed by atoms with Crippen molar-refractivity contribution < 1.29 is 13.2 Å². The van der Waals surface area contributed by atoms with Crippen LogP contribution < -0.4 is 10.0 Å². The number of aromatic nitrogens is 2. The lowest BCUT2D eigenvalue weighted by Gasteiger charge is -2.08. The van der Waals surface area contributed by atoms with E-state index >= 15 is 0 Å². The first-order valence-corrected chi connectivity index (χ1v) is 7.61. The number of carbonyl (C=O) groups excluding carboxylic acids is 1. The second-order valence-corrected chi connectivity index (χ2v) is 6.11. The summed E-state index contributed by atoms with van der Waals surface area (Å²) in [5, 5.41) is 2.68. The maximum absolute atomic E-state index is 12.1. The van der Waals surface area contributed by atoms with E-state index in [1.54, 1.807) is 0 Å². The number of hydrogen-bond donors (Lipinski definition) is 2. The fourth-order valence-electron chi connectivity index (χ4n) is 1.51. The molecular weight excluding hydrogens is 316 g/mol. The molecule has 0 aliphatic rings. The Balaban J connectivity index is 2.21. The van der Waals surface area contributed by atoms with E-state index in [4.69, 9.17) is 11.6 Å². The molecule has 1 amide bonds. The summed E-state index contributed by atoms with van der Waals surface area (Å²) >= 11 is 5.66. The molecule has 0 radical (unpaired) electrons. The summed E-state index contributed by atoms with van der Waals surface area (Å²) < 4.78 is 26.6. The molecule has 0 aliphatic carbocycles. The zero-order valence-electron chi connectivity index (χ0n) is 10.9. The minimum absolute atomic E-state index is 0.0336. The standard InChI is InChI=1S/C12H11ClN4O3S/c1-8(18)16-9-2-4-10(5-3-9)21(19,20)17-12-6-11(13)14-7-15-12/h2-7H,1H3,(H,16,18)(H,14,15,17). The van der Waals surface area contributed by atoms with E-state index in [9.17, 15) is 13.2 Å². The third-order valence-electron chi connectivity index (χ3n) is 2.36. The van der Waals surface area contributed by atoms with E-state index in [0.29, 0.717) is 5.69 Å². The monoisotopic (exact) mass is 326 g/mol. The van der Waals surface area contributed by atoms with Crippen LogP contribution in [0.3, 0.4) is 0 Å². The summed E-state index contributed by atoms with van der Waals surface area (Å²) in [6.07, 6.45) is 1.15. The summed E-state index contributed by atoms with van der Waals surface area (Å²) in [6.45, 7) is 1.37. The third kappa shape index (κ3) is 4.14. The van der Waals surface area contributed by atoms with Crippen molar-refractivity contribution >= 4 is 39.0 Å². The topological polar surface area (TPSA) is 101 Å². The highest BCUT2D eigenvalue weighted by Crippen LogP contribution is 2.18. The quantitative estimate of drug-likeness (QED) is 0.835. The minimum atomic E-state index is -3.79. The van der Waals surface area contributed by atoms with Crippen molar-refractivity contribution in [3.8, 4) is 0 Å². The fraction of sp³-hybridized carbons (Fsp3) is 0.0833. The first kappa shape index (κ1) is 15.2. The van der Waals surface area contributed by atoms with Crippen molar-refractivity contribution in [2.24, 2.45) is 0 Å². The van der Waals surface area contributed by atoms with Crippen LogP contribution in [0.25, 0.3) is 0 Å². The van der Waals surface area contributed by atoms with Gasteiger partial charge < -0.3 is 5.32 Å². The molecule has 21 heavy (non-hydrogen) atoms. The zero-order valence-corrected chi connectivity index (χ0v) is 12.4. The second kappa shape index (κ2) is 6.06. The third-order valence-corrected chi connectivity index (χ3v) is 3.93. The number of anilines is 2. The molecule has 2 rings (SSSR count). The number of hydrogen-bond acceptors (Lipinski definition) is 5. The first-order valence-electron chi connectivity index (χ1n) is 5.75. The number of carbonyl (C=O) groups is 1. The number of nitrogens with zero attached hydrogens (tertiary/aromatic N) is 2. The van der Waals surface area contributed by atoms with Crippen LogP contribution in [0, 0.1) is 0 Å². The van der Waals surface area contributed by atoms with E-state index in [2.05, 4.69) is 20.0 Å². The first-order chi connectivity index (χ1) is 9.87. The lowest BCUT2D eigenvalue weighted by Crippen LogP contribution is -2.14. The van der Waals surface area contributed by atoms with Gasteiger partial charge in [0.15, 0.2) is 0 Å². The van der Waals surface area contributed by atoms with Gasteiger partial charge in [0.2, 0.25) is 5.91 Å². The normalized spacial score (nSPS) is 11.0. The predicted octanol–water partition coefficient (Wildman–Crippen LogP) is 1.89. The molecule has 110 valence electrons. The Labute approximate surface area is 126 Å². The SMILES string of the molecule is CC(=O)Nc1ccc(S(=O)(=O)Nc2cc(Cl)ncn2)cc1. The Kier molecular flexibility index (Phi) is 4.39. The molecule has 0 atom stereocenters.